The zero-order chi connectivity index (χ0) is 35.3. The van der Waals surface area contributed by atoms with Gasteiger partial charge in [0, 0.05) is 27.5 Å². The van der Waals surface area contributed by atoms with Crippen molar-refractivity contribution >= 4 is 72.8 Å². The average molecular weight is 690 g/mol. The number of benzene rings is 2. The molecule has 0 atom stereocenters. The first-order chi connectivity index (χ1) is 23.7. The zero-order valence-corrected chi connectivity index (χ0v) is 28.9. The Balaban J connectivity index is 1.25. The molecule has 50 heavy (non-hydrogen) atoms. The quantitative estimate of drug-likeness (QED) is 0.114. The number of aromatic amines is 2. The fourth-order valence-corrected chi connectivity index (χ4v) is 7.08. The average Bonchev–Trinajstić information content (AvgIpc) is 3.83. The minimum atomic E-state index is -0.648. The van der Waals surface area contributed by atoms with Crippen molar-refractivity contribution in [3.05, 3.63) is 65.2 Å². The molecule has 8 rings (SSSR count). The maximum absolute atomic E-state index is 10.6. The van der Waals surface area contributed by atoms with Crippen LogP contribution in [-0.2, 0) is 24.1 Å². The van der Waals surface area contributed by atoms with Gasteiger partial charge in [0.05, 0.1) is 44.9 Å². The van der Waals surface area contributed by atoms with Crippen molar-refractivity contribution < 1.29 is 5.11 Å². The van der Waals surface area contributed by atoms with Crippen molar-refractivity contribution in [3.8, 4) is 22.8 Å². The number of nitrogens with two attached hydrogens (primary N) is 3. The number of hydrogen-bond acceptors (Lipinski definition) is 10. The topological polar surface area (TPSA) is 217 Å². The number of nitrogen functional groups attached to an aromatic ring is 3. The first-order valence-electron chi connectivity index (χ1n) is 16.1. The highest BCUT2D eigenvalue weighted by Gasteiger charge is 2.31. The van der Waals surface area contributed by atoms with Gasteiger partial charge in [0.2, 0.25) is 0 Å². The number of H-pyrrole nitrogens is 2. The summed E-state index contributed by atoms with van der Waals surface area (Å²) in [5, 5.41) is 24.1. The lowest BCUT2D eigenvalue weighted by atomic mass is 9.91. The van der Waals surface area contributed by atoms with Crippen molar-refractivity contribution in [1.82, 2.24) is 49.5 Å². The third-order valence-electron chi connectivity index (χ3n) is 9.18. The molecule has 14 nitrogen and oxygen atoms in total. The smallest absolute Gasteiger partial charge is 0.164 e. The number of aliphatic hydroxyl groups is 1. The maximum atomic E-state index is 10.6. The SMILES string of the molecule is CC(C)(C)n1nc(-c2[nH]c3cc(CO)c(CC(C)(C)n4nc(-c5cc6ccc(N)cc6[nH]5)c5c(N)ncnc54)cc3c2Cl)c2c(N)ncnc21. The summed E-state index contributed by atoms with van der Waals surface area (Å²) < 4.78 is 3.70. The van der Waals surface area contributed by atoms with Gasteiger partial charge in [-0.2, -0.15) is 10.2 Å². The van der Waals surface area contributed by atoms with Crippen LogP contribution >= 0.6 is 11.6 Å². The fourth-order valence-electron chi connectivity index (χ4n) is 6.79. The van der Waals surface area contributed by atoms with E-state index in [2.05, 4.69) is 43.8 Å². The number of aromatic nitrogens is 10. The lowest BCUT2D eigenvalue weighted by molar-refractivity contribution is 0.276. The van der Waals surface area contributed by atoms with Gasteiger partial charge in [0.1, 0.15) is 35.7 Å². The second kappa shape index (κ2) is 10.9. The number of halogens is 1. The fraction of sp³-hybridized carbons (Fsp3) is 0.257. The van der Waals surface area contributed by atoms with Gasteiger partial charge in [0.25, 0.3) is 0 Å². The number of aliphatic hydroxyl groups excluding tert-OH is 1. The van der Waals surface area contributed by atoms with Gasteiger partial charge in [-0.05, 0) is 82.5 Å². The van der Waals surface area contributed by atoms with Gasteiger partial charge >= 0.3 is 0 Å². The lowest BCUT2D eigenvalue weighted by Gasteiger charge is -2.27. The van der Waals surface area contributed by atoms with Crippen LogP contribution in [0.1, 0.15) is 45.7 Å². The van der Waals surface area contributed by atoms with Gasteiger partial charge in [-0.15, -0.1) is 0 Å². The molecule has 0 saturated heterocycles. The molecule has 0 saturated carbocycles. The highest BCUT2D eigenvalue weighted by atomic mass is 35.5. The summed E-state index contributed by atoms with van der Waals surface area (Å²) in [5.41, 5.74) is 25.5. The molecular weight excluding hydrogens is 654 g/mol. The molecule has 6 aromatic heterocycles. The van der Waals surface area contributed by atoms with Crippen molar-refractivity contribution in [2.24, 2.45) is 0 Å². The number of nitrogens with zero attached hydrogens (tertiary/aromatic N) is 8. The van der Waals surface area contributed by atoms with E-state index in [4.69, 9.17) is 39.0 Å². The molecular formula is C35H36ClN13O. The summed E-state index contributed by atoms with van der Waals surface area (Å²) >= 11 is 7.15. The molecule has 6 heterocycles. The first-order valence-corrected chi connectivity index (χ1v) is 16.4. The van der Waals surface area contributed by atoms with E-state index in [1.807, 2.05) is 66.5 Å². The molecule has 0 unspecified atom stereocenters. The number of anilines is 3. The van der Waals surface area contributed by atoms with Crippen molar-refractivity contribution in [3.63, 3.8) is 0 Å². The number of fused-ring (bicyclic) bond motifs is 4. The minimum Gasteiger partial charge on any atom is -0.399 e. The van der Waals surface area contributed by atoms with Crippen LogP contribution in [0.15, 0.2) is 49.1 Å². The third kappa shape index (κ3) is 4.82. The van der Waals surface area contributed by atoms with E-state index in [9.17, 15) is 5.11 Å². The second-order valence-corrected chi connectivity index (χ2v) is 14.6. The standard InChI is InChI=1S/C35H36ClN13O/c1-34(2,3)48-32-25(31(39)41-14-42-32)28(47-48)29-26(36)20-8-17(18(13-50)10-22(20)45-29)12-35(4,5)49-33-24(30(38)40-15-43-33)27(46-49)23-9-16-6-7-19(37)11-21(16)44-23/h6-11,14-15,44-45,50H,12-13,37H2,1-5H3,(H2,38,40,43)(H2,39,41,42). The molecule has 0 fully saturated rings. The molecule has 15 heteroatoms. The molecule has 0 amide bonds. The Bertz CT molecular complexity index is 2640. The summed E-state index contributed by atoms with van der Waals surface area (Å²) in [6.07, 6.45) is 3.35. The minimum absolute atomic E-state index is 0.186. The van der Waals surface area contributed by atoms with E-state index in [0.717, 1.165) is 38.6 Å². The monoisotopic (exact) mass is 689 g/mol. The maximum Gasteiger partial charge on any atom is 0.164 e. The van der Waals surface area contributed by atoms with Crippen LogP contribution in [0, 0.1) is 0 Å². The molecule has 254 valence electrons. The highest BCUT2D eigenvalue weighted by molar-refractivity contribution is 6.38. The van der Waals surface area contributed by atoms with E-state index in [1.165, 1.54) is 12.7 Å². The van der Waals surface area contributed by atoms with E-state index in [0.29, 0.717) is 67.9 Å². The van der Waals surface area contributed by atoms with Gasteiger partial charge in [-0.3, -0.25) is 0 Å². The van der Waals surface area contributed by atoms with Crippen molar-refractivity contribution in [2.75, 3.05) is 17.2 Å². The third-order valence-corrected chi connectivity index (χ3v) is 9.58. The van der Waals surface area contributed by atoms with Crippen LogP contribution in [0.5, 0.6) is 0 Å². The highest BCUT2D eigenvalue weighted by Crippen LogP contribution is 2.41. The molecule has 0 radical (unpaired) electrons. The van der Waals surface area contributed by atoms with Gasteiger partial charge < -0.3 is 32.3 Å². The Morgan fingerprint density at radius 3 is 2.10 bits per heavy atom. The Hall–Kier alpha value is -5.73. The second-order valence-electron chi connectivity index (χ2n) is 14.3. The van der Waals surface area contributed by atoms with E-state index in [1.54, 1.807) is 0 Å². The Kier molecular flexibility index (Phi) is 6.87. The van der Waals surface area contributed by atoms with Gasteiger partial charge in [-0.1, -0.05) is 17.7 Å². The van der Waals surface area contributed by atoms with E-state index in [-0.39, 0.29) is 12.1 Å². The molecule has 0 aliphatic heterocycles. The normalized spacial score (nSPS) is 12.7. The van der Waals surface area contributed by atoms with E-state index >= 15 is 0 Å². The van der Waals surface area contributed by atoms with Crippen LogP contribution in [0.2, 0.25) is 5.02 Å². The Labute approximate surface area is 290 Å². The van der Waals surface area contributed by atoms with Crippen LogP contribution < -0.4 is 17.2 Å². The zero-order valence-electron chi connectivity index (χ0n) is 28.2. The molecule has 0 spiro atoms. The molecule has 8 aromatic rings. The van der Waals surface area contributed by atoms with Crippen LogP contribution in [0.4, 0.5) is 17.3 Å². The van der Waals surface area contributed by atoms with Gasteiger partial charge in [-0.25, -0.2) is 29.3 Å². The molecule has 0 bridgehead atoms. The number of hydrogen-bond donors (Lipinski definition) is 6. The number of nitrogens with one attached hydrogen (secondary N) is 2. The summed E-state index contributed by atoms with van der Waals surface area (Å²) in [5.74, 6) is 0.627. The molecule has 0 aliphatic rings. The Morgan fingerprint density at radius 1 is 0.760 bits per heavy atom. The summed E-state index contributed by atoms with van der Waals surface area (Å²) in [7, 11) is 0. The van der Waals surface area contributed by atoms with Crippen LogP contribution in [0.3, 0.4) is 0 Å². The molecule has 9 N–H and O–H groups in total. The van der Waals surface area contributed by atoms with Crippen LogP contribution in [0.25, 0.3) is 66.6 Å². The van der Waals surface area contributed by atoms with Crippen molar-refractivity contribution in [1.29, 1.82) is 0 Å². The van der Waals surface area contributed by atoms with E-state index < -0.39 is 5.54 Å². The predicted octanol–water partition coefficient (Wildman–Crippen LogP) is 5.89. The summed E-state index contributed by atoms with van der Waals surface area (Å²) in [6.45, 7) is 10.1. The van der Waals surface area contributed by atoms with Crippen LogP contribution in [-0.4, -0.2) is 54.6 Å². The van der Waals surface area contributed by atoms with Gasteiger partial charge in [0.15, 0.2) is 11.3 Å². The summed E-state index contributed by atoms with van der Waals surface area (Å²) in [6, 6.07) is 11.6. The Morgan fingerprint density at radius 2 is 1.42 bits per heavy atom. The molecule has 2 aromatic carbocycles. The predicted molar refractivity (Wildman–Crippen MR) is 197 cm³/mol. The van der Waals surface area contributed by atoms with Crippen molar-refractivity contribution in [2.45, 2.75) is 58.7 Å². The largest absolute Gasteiger partial charge is 0.399 e. The molecule has 0 aliphatic carbocycles. The summed E-state index contributed by atoms with van der Waals surface area (Å²) in [4.78, 5) is 24.5. The number of rotatable bonds is 6. The first kappa shape index (κ1) is 31.5. The lowest BCUT2D eigenvalue weighted by Crippen LogP contribution is -2.31.